The van der Waals surface area contributed by atoms with Crippen LogP contribution in [0.15, 0.2) is 36.9 Å². The van der Waals surface area contributed by atoms with Gasteiger partial charge in [0.25, 0.3) is 0 Å². The number of carbonyl (C=O) groups excluding carboxylic acids is 1. The highest BCUT2D eigenvalue weighted by Gasteiger charge is 2.20. The Morgan fingerprint density at radius 2 is 2.29 bits per heavy atom. The summed E-state index contributed by atoms with van der Waals surface area (Å²) < 4.78 is 0. The topological polar surface area (TPSA) is 29.5 Å². The third-order valence-electron chi connectivity index (χ3n) is 2.21. The van der Waals surface area contributed by atoms with Crippen molar-refractivity contribution in [2.24, 2.45) is 0 Å². The highest BCUT2D eigenvalue weighted by Crippen LogP contribution is 2.27. The van der Waals surface area contributed by atoms with Crippen LogP contribution < -0.4 is 5.06 Å². The molecule has 0 atom stereocenters. The van der Waals surface area contributed by atoms with Gasteiger partial charge in [-0.25, -0.2) is 9.86 Å². The average molecular weight is 189 g/mol. The van der Waals surface area contributed by atoms with E-state index in [0.29, 0.717) is 0 Å². The molecule has 0 spiro atoms. The average Bonchev–Trinajstić information content (AvgIpc) is 2.62. The minimum Gasteiger partial charge on any atom is -0.336 e. The van der Waals surface area contributed by atoms with Crippen LogP contribution in [0.4, 0.5) is 5.69 Å². The quantitative estimate of drug-likeness (QED) is 0.663. The van der Waals surface area contributed by atoms with Gasteiger partial charge in [0, 0.05) is 6.08 Å². The lowest BCUT2D eigenvalue weighted by Gasteiger charge is -2.16. The summed E-state index contributed by atoms with van der Waals surface area (Å²) in [5.41, 5.74) is 2.19. The zero-order chi connectivity index (χ0) is 9.97. The van der Waals surface area contributed by atoms with Crippen molar-refractivity contribution in [2.75, 3.05) is 11.6 Å². The Morgan fingerprint density at radius 3 is 3.07 bits per heavy atom. The van der Waals surface area contributed by atoms with Crippen molar-refractivity contribution in [1.29, 1.82) is 0 Å². The SMILES string of the molecule is C=CC(=O)ON1CCc2ccccc21. The van der Waals surface area contributed by atoms with Crippen molar-refractivity contribution in [2.45, 2.75) is 6.42 Å². The van der Waals surface area contributed by atoms with Gasteiger partial charge in [-0.3, -0.25) is 0 Å². The number of fused-ring (bicyclic) bond motifs is 1. The maximum absolute atomic E-state index is 11.0. The van der Waals surface area contributed by atoms with Crippen molar-refractivity contribution in [3.8, 4) is 0 Å². The summed E-state index contributed by atoms with van der Waals surface area (Å²) in [5, 5.41) is 1.61. The number of para-hydroxylation sites is 1. The standard InChI is InChI=1S/C11H11NO2/c1-2-11(13)14-12-8-7-9-5-3-4-6-10(9)12/h2-6H,1,7-8H2. The number of nitrogens with zero attached hydrogens (tertiary/aromatic N) is 1. The Morgan fingerprint density at radius 1 is 1.50 bits per heavy atom. The Balaban J connectivity index is 2.18. The maximum atomic E-state index is 11.0. The molecule has 0 saturated heterocycles. The van der Waals surface area contributed by atoms with E-state index >= 15 is 0 Å². The molecule has 0 aliphatic carbocycles. The van der Waals surface area contributed by atoms with Crippen molar-refractivity contribution in [3.05, 3.63) is 42.5 Å². The number of carbonyl (C=O) groups is 1. The van der Waals surface area contributed by atoms with Crippen molar-refractivity contribution >= 4 is 11.7 Å². The molecule has 1 aliphatic rings. The molecule has 72 valence electrons. The van der Waals surface area contributed by atoms with Gasteiger partial charge in [-0.15, -0.1) is 0 Å². The second-order valence-electron chi connectivity index (χ2n) is 3.10. The van der Waals surface area contributed by atoms with E-state index in [2.05, 4.69) is 6.58 Å². The Labute approximate surface area is 82.5 Å². The van der Waals surface area contributed by atoms with Gasteiger partial charge in [0.2, 0.25) is 0 Å². The first kappa shape index (κ1) is 8.81. The third kappa shape index (κ3) is 1.48. The number of anilines is 1. The summed E-state index contributed by atoms with van der Waals surface area (Å²) in [6.07, 6.45) is 2.08. The molecule has 0 aromatic heterocycles. The molecule has 0 radical (unpaired) electrons. The molecular weight excluding hydrogens is 178 g/mol. The monoisotopic (exact) mass is 189 g/mol. The lowest BCUT2D eigenvalue weighted by molar-refractivity contribution is -0.139. The van der Waals surface area contributed by atoms with Gasteiger partial charge >= 0.3 is 5.97 Å². The molecule has 1 aromatic rings. The van der Waals surface area contributed by atoms with Gasteiger partial charge in [0.15, 0.2) is 0 Å². The molecule has 0 saturated carbocycles. The Hall–Kier alpha value is -1.77. The molecule has 0 bridgehead atoms. The molecule has 0 unspecified atom stereocenters. The number of rotatable bonds is 2. The Bertz CT molecular complexity index is 373. The van der Waals surface area contributed by atoms with Gasteiger partial charge < -0.3 is 4.84 Å². The van der Waals surface area contributed by atoms with E-state index in [4.69, 9.17) is 4.84 Å². The van der Waals surface area contributed by atoms with Crippen molar-refractivity contribution in [3.63, 3.8) is 0 Å². The molecule has 3 nitrogen and oxygen atoms in total. The van der Waals surface area contributed by atoms with E-state index in [1.54, 1.807) is 5.06 Å². The molecule has 1 aliphatic heterocycles. The zero-order valence-electron chi connectivity index (χ0n) is 7.77. The zero-order valence-corrected chi connectivity index (χ0v) is 7.77. The van der Waals surface area contributed by atoms with E-state index in [1.165, 1.54) is 11.6 Å². The van der Waals surface area contributed by atoms with E-state index in [1.807, 2.05) is 24.3 Å². The van der Waals surface area contributed by atoms with Gasteiger partial charge in [-0.1, -0.05) is 24.8 Å². The molecular formula is C11H11NO2. The lowest BCUT2D eigenvalue weighted by atomic mass is 10.2. The second-order valence-corrected chi connectivity index (χ2v) is 3.10. The van der Waals surface area contributed by atoms with Crippen molar-refractivity contribution < 1.29 is 9.63 Å². The first-order valence-corrected chi connectivity index (χ1v) is 4.51. The predicted octanol–water partition coefficient (Wildman–Crippen LogP) is 1.69. The fourth-order valence-corrected chi connectivity index (χ4v) is 1.55. The van der Waals surface area contributed by atoms with Crippen LogP contribution in [0, 0.1) is 0 Å². The minimum absolute atomic E-state index is 0.415. The van der Waals surface area contributed by atoms with Gasteiger partial charge in [-0.05, 0) is 18.1 Å². The third-order valence-corrected chi connectivity index (χ3v) is 2.21. The largest absolute Gasteiger partial charge is 0.355 e. The molecule has 0 fully saturated rings. The van der Waals surface area contributed by atoms with Crippen LogP contribution >= 0.6 is 0 Å². The van der Waals surface area contributed by atoms with Crippen LogP contribution in [0.3, 0.4) is 0 Å². The molecule has 3 heteroatoms. The molecule has 1 heterocycles. The molecule has 2 rings (SSSR count). The second kappa shape index (κ2) is 3.54. The number of hydroxylamine groups is 1. The highest BCUT2D eigenvalue weighted by atomic mass is 16.7. The first-order valence-electron chi connectivity index (χ1n) is 4.51. The number of hydrogen-bond donors (Lipinski definition) is 0. The van der Waals surface area contributed by atoms with E-state index in [-0.39, 0.29) is 0 Å². The van der Waals surface area contributed by atoms with E-state index in [9.17, 15) is 4.79 Å². The lowest BCUT2D eigenvalue weighted by Crippen LogP contribution is -2.23. The fraction of sp³-hybridized carbons (Fsp3) is 0.182. The molecule has 0 N–H and O–H groups in total. The summed E-state index contributed by atoms with van der Waals surface area (Å²) in [4.78, 5) is 16.1. The highest BCUT2D eigenvalue weighted by molar-refractivity contribution is 5.82. The van der Waals surface area contributed by atoms with Crippen LogP contribution in [-0.2, 0) is 16.1 Å². The maximum Gasteiger partial charge on any atom is 0.355 e. The summed E-state index contributed by atoms with van der Waals surface area (Å²) in [5.74, 6) is -0.415. The van der Waals surface area contributed by atoms with Crippen LogP contribution in [0.1, 0.15) is 5.56 Å². The Kier molecular flexibility index (Phi) is 2.23. The summed E-state index contributed by atoms with van der Waals surface area (Å²) in [6.45, 7) is 4.08. The molecule has 14 heavy (non-hydrogen) atoms. The number of benzene rings is 1. The summed E-state index contributed by atoms with van der Waals surface area (Å²) in [6, 6.07) is 7.90. The van der Waals surface area contributed by atoms with Crippen LogP contribution in [-0.4, -0.2) is 12.5 Å². The van der Waals surface area contributed by atoms with E-state index < -0.39 is 5.97 Å². The fourth-order valence-electron chi connectivity index (χ4n) is 1.55. The predicted molar refractivity (Wildman–Crippen MR) is 53.8 cm³/mol. The van der Waals surface area contributed by atoms with Crippen LogP contribution in [0.2, 0.25) is 0 Å². The molecule has 1 aromatic carbocycles. The van der Waals surface area contributed by atoms with E-state index in [0.717, 1.165) is 18.7 Å². The van der Waals surface area contributed by atoms with Crippen LogP contribution in [0.5, 0.6) is 0 Å². The number of hydrogen-bond acceptors (Lipinski definition) is 3. The first-order chi connectivity index (χ1) is 6.81. The van der Waals surface area contributed by atoms with Gasteiger partial charge in [-0.2, -0.15) is 0 Å². The van der Waals surface area contributed by atoms with Gasteiger partial charge in [0.1, 0.15) is 0 Å². The summed E-state index contributed by atoms with van der Waals surface area (Å²) in [7, 11) is 0. The summed E-state index contributed by atoms with van der Waals surface area (Å²) >= 11 is 0. The van der Waals surface area contributed by atoms with Crippen molar-refractivity contribution in [1.82, 2.24) is 0 Å². The minimum atomic E-state index is -0.415. The van der Waals surface area contributed by atoms with Gasteiger partial charge in [0.05, 0.1) is 12.2 Å². The normalized spacial score (nSPS) is 13.6. The smallest absolute Gasteiger partial charge is 0.336 e. The molecule has 0 amide bonds. The van der Waals surface area contributed by atoms with Crippen LogP contribution in [0.25, 0.3) is 0 Å².